The molecule has 3 rings (SSSR count). The minimum absolute atomic E-state index is 0.244. The lowest BCUT2D eigenvalue weighted by Gasteiger charge is -2.17. The number of carbonyl (C=O) groups excluding carboxylic acids is 2. The van der Waals surface area contributed by atoms with Gasteiger partial charge in [0, 0.05) is 12.2 Å². The minimum atomic E-state index is -0.979. The summed E-state index contributed by atoms with van der Waals surface area (Å²) in [5.41, 5.74) is 2.76. The summed E-state index contributed by atoms with van der Waals surface area (Å²) in [5, 5.41) is 5.82. The molecule has 2 N–H and O–H groups in total. The summed E-state index contributed by atoms with van der Waals surface area (Å²) in [6.45, 7) is 4.27. The number of ether oxygens (including phenoxy) is 2. The van der Waals surface area contributed by atoms with E-state index in [1.165, 1.54) is 0 Å². The number of carbonyl (C=O) groups is 2. The van der Waals surface area contributed by atoms with Crippen molar-refractivity contribution in [3.8, 4) is 11.5 Å². The van der Waals surface area contributed by atoms with Gasteiger partial charge < -0.3 is 20.1 Å². The maximum atomic E-state index is 12.8. The molecule has 0 spiro atoms. The predicted molar refractivity (Wildman–Crippen MR) is 108 cm³/mol. The molecule has 1 aliphatic carbocycles. The van der Waals surface area contributed by atoms with E-state index in [0.717, 1.165) is 22.4 Å². The summed E-state index contributed by atoms with van der Waals surface area (Å²) >= 11 is 0. The Hall–Kier alpha value is -3.02. The van der Waals surface area contributed by atoms with E-state index in [0.29, 0.717) is 30.9 Å². The molecule has 1 saturated carbocycles. The number of benzene rings is 2. The highest BCUT2D eigenvalue weighted by Crippen LogP contribution is 2.47. The summed E-state index contributed by atoms with van der Waals surface area (Å²) in [5.74, 6) is 0.739. The average Bonchev–Trinajstić information content (AvgIpc) is 3.51. The van der Waals surface area contributed by atoms with Gasteiger partial charge in [0.15, 0.2) is 11.5 Å². The topological polar surface area (TPSA) is 76.7 Å². The van der Waals surface area contributed by atoms with Crippen LogP contribution in [0.15, 0.2) is 36.4 Å². The molecule has 0 bridgehead atoms. The van der Waals surface area contributed by atoms with Crippen LogP contribution < -0.4 is 20.1 Å². The molecule has 0 radical (unpaired) electrons. The molecule has 2 aromatic rings. The molecule has 0 heterocycles. The van der Waals surface area contributed by atoms with E-state index in [2.05, 4.69) is 10.6 Å². The number of hydrogen-bond acceptors (Lipinski definition) is 4. The van der Waals surface area contributed by atoms with Gasteiger partial charge in [0.25, 0.3) is 0 Å². The van der Waals surface area contributed by atoms with Gasteiger partial charge in [-0.3, -0.25) is 9.59 Å². The van der Waals surface area contributed by atoms with Gasteiger partial charge in [-0.1, -0.05) is 18.2 Å². The van der Waals surface area contributed by atoms with Crippen molar-refractivity contribution in [1.82, 2.24) is 5.32 Å². The van der Waals surface area contributed by atoms with E-state index in [1.807, 2.05) is 44.2 Å². The summed E-state index contributed by atoms with van der Waals surface area (Å²) in [7, 11) is 3.14. The van der Waals surface area contributed by atoms with Crippen LogP contribution in [0.3, 0.4) is 0 Å². The van der Waals surface area contributed by atoms with E-state index in [9.17, 15) is 9.59 Å². The van der Waals surface area contributed by atoms with Gasteiger partial charge >= 0.3 is 0 Å². The zero-order chi connectivity index (χ0) is 20.3. The van der Waals surface area contributed by atoms with Crippen molar-refractivity contribution in [3.63, 3.8) is 0 Å². The smallest absolute Gasteiger partial charge is 0.240 e. The second-order valence-electron chi connectivity index (χ2n) is 7.16. The maximum absolute atomic E-state index is 12.8. The lowest BCUT2D eigenvalue weighted by molar-refractivity contribution is -0.134. The molecular formula is C22H26N2O4. The third kappa shape index (κ3) is 3.81. The highest BCUT2D eigenvalue weighted by atomic mass is 16.5. The molecular weight excluding hydrogens is 356 g/mol. The summed E-state index contributed by atoms with van der Waals surface area (Å²) in [4.78, 5) is 25.5. The molecule has 1 aliphatic rings. The fraction of sp³-hybridized carbons (Fsp3) is 0.364. The lowest BCUT2D eigenvalue weighted by Crippen LogP contribution is -2.39. The van der Waals surface area contributed by atoms with E-state index < -0.39 is 5.41 Å². The number of anilines is 1. The second kappa shape index (κ2) is 7.92. The average molecular weight is 382 g/mol. The van der Waals surface area contributed by atoms with Crippen molar-refractivity contribution in [2.24, 2.45) is 5.41 Å². The fourth-order valence-corrected chi connectivity index (χ4v) is 3.15. The Morgan fingerprint density at radius 1 is 1.00 bits per heavy atom. The van der Waals surface area contributed by atoms with Crippen LogP contribution in [-0.2, 0) is 16.1 Å². The molecule has 2 amide bonds. The van der Waals surface area contributed by atoms with Crippen LogP contribution in [0, 0.1) is 19.3 Å². The van der Waals surface area contributed by atoms with Gasteiger partial charge in [-0.05, 0) is 61.6 Å². The zero-order valence-corrected chi connectivity index (χ0v) is 16.7. The molecule has 0 aromatic heterocycles. The first kappa shape index (κ1) is 19.7. The molecule has 1 fully saturated rings. The summed E-state index contributed by atoms with van der Waals surface area (Å²) in [6, 6.07) is 11.2. The van der Waals surface area contributed by atoms with Gasteiger partial charge in [0.1, 0.15) is 5.41 Å². The van der Waals surface area contributed by atoms with Crippen molar-refractivity contribution in [3.05, 3.63) is 53.1 Å². The van der Waals surface area contributed by atoms with E-state index >= 15 is 0 Å². The van der Waals surface area contributed by atoms with E-state index in [-0.39, 0.29) is 11.8 Å². The quantitative estimate of drug-likeness (QED) is 0.720. The van der Waals surface area contributed by atoms with Gasteiger partial charge in [0.2, 0.25) is 11.8 Å². The minimum Gasteiger partial charge on any atom is -0.493 e. The number of hydrogen-bond donors (Lipinski definition) is 2. The lowest BCUT2D eigenvalue weighted by atomic mass is 10.0. The number of rotatable bonds is 7. The normalized spacial score (nSPS) is 14.1. The van der Waals surface area contributed by atoms with Gasteiger partial charge in [-0.15, -0.1) is 0 Å². The van der Waals surface area contributed by atoms with Gasteiger partial charge in [0.05, 0.1) is 14.2 Å². The van der Waals surface area contributed by atoms with Crippen molar-refractivity contribution < 1.29 is 19.1 Å². The predicted octanol–water partition coefficient (Wildman–Crippen LogP) is 3.36. The first-order chi connectivity index (χ1) is 13.4. The van der Waals surface area contributed by atoms with Crippen LogP contribution in [0.5, 0.6) is 11.5 Å². The Labute approximate surface area is 165 Å². The Kier molecular flexibility index (Phi) is 5.58. The number of aryl methyl sites for hydroxylation is 1. The van der Waals surface area contributed by atoms with Crippen LogP contribution in [0.1, 0.15) is 29.5 Å². The monoisotopic (exact) mass is 382 g/mol. The van der Waals surface area contributed by atoms with Crippen molar-refractivity contribution >= 4 is 17.5 Å². The maximum Gasteiger partial charge on any atom is 0.240 e. The highest BCUT2D eigenvalue weighted by molar-refractivity contribution is 6.13. The van der Waals surface area contributed by atoms with Crippen LogP contribution in [0.4, 0.5) is 5.69 Å². The molecule has 6 heteroatoms. The largest absolute Gasteiger partial charge is 0.493 e. The van der Waals surface area contributed by atoms with Crippen molar-refractivity contribution in [2.45, 2.75) is 33.2 Å². The molecule has 0 atom stereocenters. The fourth-order valence-electron chi connectivity index (χ4n) is 3.15. The molecule has 28 heavy (non-hydrogen) atoms. The number of nitrogens with one attached hydrogen (secondary N) is 2. The van der Waals surface area contributed by atoms with Gasteiger partial charge in [-0.2, -0.15) is 0 Å². The number of amides is 2. The summed E-state index contributed by atoms with van der Waals surface area (Å²) in [6.07, 6.45) is 1.11. The summed E-state index contributed by atoms with van der Waals surface area (Å²) < 4.78 is 10.5. The van der Waals surface area contributed by atoms with E-state index in [1.54, 1.807) is 20.3 Å². The molecule has 0 saturated heterocycles. The molecule has 2 aromatic carbocycles. The zero-order valence-electron chi connectivity index (χ0n) is 16.7. The van der Waals surface area contributed by atoms with Crippen molar-refractivity contribution in [2.75, 3.05) is 19.5 Å². The molecule has 0 aliphatic heterocycles. The number of methoxy groups -OCH3 is 2. The Balaban J connectivity index is 1.65. The Bertz CT molecular complexity index is 903. The third-order valence-corrected chi connectivity index (χ3v) is 5.37. The standard InChI is InChI=1S/C22H26N2O4/c1-14-6-5-7-17(15(14)2)24-21(26)22(10-11-22)20(25)23-13-16-8-9-18(27-3)19(12-16)28-4/h5-9,12H,10-11,13H2,1-4H3,(H,23,25)(H,24,26). The third-order valence-electron chi connectivity index (χ3n) is 5.37. The van der Waals surface area contributed by atoms with Crippen LogP contribution in [0.2, 0.25) is 0 Å². The van der Waals surface area contributed by atoms with E-state index in [4.69, 9.17) is 9.47 Å². The molecule has 0 unspecified atom stereocenters. The Morgan fingerprint density at radius 2 is 1.71 bits per heavy atom. The Morgan fingerprint density at radius 3 is 2.36 bits per heavy atom. The first-order valence-corrected chi connectivity index (χ1v) is 9.28. The van der Waals surface area contributed by atoms with Gasteiger partial charge in [-0.25, -0.2) is 0 Å². The van der Waals surface area contributed by atoms with Crippen molar-refractivity contribution in [1.29, 1.82) is 0 Å². The van der Waals surface area contributed by atoms with Crippen LogP contribution in [0.25, 0.3) is 0 Å². The van der Waals surface area contributed by atoms with Crippen LogP contribution in [-0.4, -0.2) is 26.0 Å². The molecule has 6 nitrogen and oxygen atoms in total. The molecule has 148 valence electrons. The second-order valence-corrected chi connectivity index (χ2v) is 7.16. The van der Waals surface area contributed by atoms with Crippen LogP contribution >= 0.6 is 0 Å². The first-order valence-electron chi connectivity index (χ1n) is 9.28. The highest BCUT2D eigenvalue weighted by Gasteiger charge is 2.56. The SMILES string of the molecule is COc1ccc(CNC(=O)C2(C(=O)Nc3cccc(C)c3C)CC2)cc1OC.